The molecule has 0 atom stereocenters. The average Bonchev–Trinajstić information content (AvgIpc) is 3.18. The van der Waals surface area contributed by atoms with Crippen molar-refractivity contribution in [2.24, 2.45) is 5.73 Å². The number of nitrogens with two attached hydrogens (primary N) is 1. The predicted molar refractivity (Wildman–Crippen MR) is 125 cm³/mol. The van der Waals surface area contributed by atoms with Crippen molar-refractivity contribution in [3.05, 3.63) is 88.9 Å². The Morgan fingerprint density at radius 2 is 1.82 bits per heavy atom. The van der Waals surface area contributed by atoms with Crippen LogP contribution in [0.4, 0.5) is 4.39 Å². The number of para-hydroxylation sites is 1. The van der Waals surface area contributed by atoms with Crippen molar-refractivity contribution in [1.29, 1.82) is 0 Å². The van der Waals surface area contributed by atoms with Crippen LogP contribution < -0.4 is 10.5 Å². The molecular formula is C27H26FNO4. The van der Waals surface area contributed by atoms with Gasteiger partial charge in [-0.05, 0) is 43.7 Å². The second-order valence-electron chi connectivity index (χ2n) is 7.78. The first-order valence-corrected chi connectivity index (χ1v) is 10.9. The zero-order valence-corrected chi connectivity index (χ0v) is 18.7. The second-order valence-corrected chi connectivity index (χ2v) is 7.78. The number of furan rings is 1. The SMILES string of the molecule is CCOC(=O)Cc1ccccc1OCc1cc(-c2cccc(CN)c2F)c2oc(C)cc2c1. The van der Waals surface area contributed by atoms with Gasteiger partial charge in [-0.3, -0.25) is 4.79 Å². The number of ether oxygens (including phenoxy) is 2. The molecule has 0 amide bonds. The summed E-state index contributed by atoms with van der Waals surface area (Å²) in [5, 5.41) is 0.862. The number of aryl methyl sites for hydroxylation is 1. The predicted octanol–water partition coefficient (Wildman–Crippen LogP) is 5.69. The van der Waals surface area contributed by atoms with Gasteiger partial charge in [-0.2, -0.15) is 0 Å². The maximum absolute atomic E-state index is 15.1. The molecule has 0 fully saturated rings. The molecule has 0 aliphatic heterocycles. The summed E-state index contributed by atoms with van der Waals surface area (Å²) in [5.74, 6) is 0.681. The van der Waals surface area contributed by atoms with Gasteiger partial charge in [0, 0.05) is 34.2 Å². The maximum atomic E-state index is 15.1. The number of esters is 1. The van der Waals surface area contributed by atoms with E-state index in [2.05, 4.69) is 0 Å². The first-order valence-electron chi connectivity index (χ1n) is 10.9. The molecule has 6 heteroatoms. The summed E-state index contributed by atoms with van der Waals surface area (Å²) in [6, 6.07) is 18.3. The Morgan fingerprint density at radius 3 is 2.61 bits per heavy atom. The zero-order chi connectivity index (χ0) is 23.4. The Bertz CT molecular complexity index is 1290. The van der Waals surface area contributed by atoms with Gasteiger partial charge in [0.2, 0.25) is 0 Å². The molecule has 0 spiro atoms. The fourth-order valence-corrected chi connectivity index (χ4v) is 3.89. The molecule has 1 aromatic heterocycles. The van der Waals surface area contributed by atoms with E-state index in [1.165, 1.54) is 0 Å². The highest BCUT2D eigenvalue weighted by Crippen LogP contribution is 2.35. The number of hydrogen-bond acceptors (Lipinski definition) is 5. The Labute approximate surface area is 191 Å². The number of fused-ring (bicyclic) bond motifs is 1. The van der Waals surface area contributed by atoms with Crippen LogP contribution in [0, 0.1) is 12.7 Å². The maximum Gasteiger partial charge on any atom is 0.310 e. The minimum absolute atomic E-state index is 0.111. The molecule has 4 aromatic rings. The van der Waals surface area contributed by atoms with Crippen molar-refractivity contribution in [3.8, 4) is 16.9 Å². The zero-order valence-electron chi connectivity index (χ0n) is 18.7. The summed E-state index contributed by atoms with van der Waals surface area (Å²) >= 11 is 0. The van der Waals surface area contributed by atoms with Crippen LogP contribution in [0.2, 0.25) is 0 Å². The van der Waals surface area contributed by atoms with Crippen LogP contribution in [-0.4, -0.2) is 12.6 Å². The van der Waals surface area contributed by atoms with Gasteiger partial charge in [0.15, 0.2) is 0 Å². The molecule has 1 heterocycles. The van der Waals surface area contributed by atoms with Crippen LogP contribution in [-0.2, 0) is 29.1 Å². The molecule has 0 aliphatic rings. The van der Waals surface area contributed by atoms with Gasteiger partial charge < -0.3 is 19.6 Å². The summed E-state index contributed by atoms with van der Waals surface area (Å²) in [4.78, 5) is 11.9. The van der Waals surface area contributed by atoms with Gasteiger partial charge in [-0.15, -0.1) is 0 Å². The highest BCUT2D eigenvalue weighted by Gasteiger charge is 2.17. The van der Waals surface area contributed by atoms with Gasteiger partial charge in [-0.25, -0.2) is 4.39 Å². The van der Waals surface area contributed by atoms with E-state index in [4.69, 9.17) is 19.6 Å². The molecule has 0 aliphatic carbocycles. The first kappa shape index (κ1) is 22.6. The minimum Gasteiger partial charge on any atom is -0.489 e. The van der Waals surface area contributed by atoms with Gasteiger partial charge >= 0.3 is 5.97 Å². The lowest BCUT2D eigenvalue weighted by molar-refractivity contribution is -0.142. The molecule has 0 bridgehead atoms. The largest absolute Gasteiger partial charge is 0.489 e. The highest BCUT2D eigenvalue weighted by atomic mass is 19.1. The third-order valence-electron chi connectivity index (χ3n) is 5.40. The number of benzene rings is 3. The number of rotatable bonds is 8. The van der Waals surface area contributed by atoms with Gasteiger partial charge in [0.05, 0.1) is 13.0 Å². The summed E-state index contributed by atoms with van der Waals surface area (Å²) in [5.41, 5.74) is 9.44. The van der Waals surface area contributed by atoms with E-state index in [-0.39, 0.29) is 31.4 Å². The second kappa shape index (κ2) is 9.88. The minimum atomic E-state index is -0.354. The van der Waals surface area contributed by atoms with Crippen LogP contribution in [0.15, 0.2) is 65.1 Å². The molecule has 2 N–H and O–H groups in total. The van der Waals surface area contributed by atoms with E-state index in [1.54, 1.807) is 25.1 Å². The van der Waals surface area contributed by atoms with Crippen LogP contribution >= 0.6 is 0 Å². The summed E-state index contributed by atoms with van der Waals surface area (Å²) in [7, 11) is 0. The topological polar surface area (TPSA) is 74.7 Å². The van der Waals surface area contributed by atoms with Gasteiger partial charge in [-0.1, -0.05) is 36.4 Å². The average molecular weight is 448 g/mol. The molecular weight excluding hydrogens is 421 g/mol. The van der Waals surface area contributed by atoms with Crippen molar-refractivity contribution in [2.75, 3.05) is 6.61 Å². The summed E-state index contributed by atoms with van der Waals surface area (Å²) in [6.45, 7) is 4.32. The summed E-state index contributed by atoms with van der Waals surface area (Å²) < 4.78 is 32.1. The normalized spacial score (nSPS) is 11.0. The summed E-state index contributed by atoms with van der Waals surface area (Å²) in [6.07, 6.45) is 0.131. The number of hydrogen-bond donors (Lipinski definition) is 1. The molecule has 5 nitrogen and oxygen atoms in total. The molecule has 170 valence electrons. The van der Waals surface area contributed by atoms with Crippen LogP contribution in [0.1, 0.15) is 29.4 Å². The molecule has 33 heavy (non-hydrogen) atoms. The lowest BCUT2D eigenvalue weighted by Crippen LogP contribution is -2.09. The van der Waals surface area contributed by atoms with Gasteiger partial charge in [0.1, 0.15) is 29.5 Å². The lowest BCUT2D eigenvalue weighted by Gasteiger charge is -2.13. The molecule has 0 saturated heterocycles. The monoisotopic (exact) mass is 447 g/mol. The van der Waals surface area contributed by atoms with Crippen LogP contribution in [0.3, 0.4) is 0 Å². The number of halogens is 1. The Balaban J connectivity index is 1.68. The molecule has 0 radical (unpaired) electrons. The Kier molecular flexibility index (Phi) is 6.75. The van der Waals surface area contributed by atoms with Crippen molar-refractivity contribution < 1.29 is 23.1 Å². The number of carbonyl (C=O) groups is 1. The lowest BCUT2D eigenvalue weighted by atomic mass is 9.98. The van der Waals surface area contributed by atoms with E-state index in [0.29, 0.717) is 34.6 Å². The fourth-order valence-electron chi connectivity index (χ4n) is 3.89. The fraction of sp³-hybridized carbons (Fsp3) is 0.222. The molecule has 3 aromatic carbocycles. The van der Waals surface area contributed by atoms with E-state index in [0.717, 1.165) is 22.3 Å². The van der Waals surface area contributed by atoms with Crippen LogP contribution in [0.25, 0.3) is 22.1 Å². The molecule has 0 saturated carbocycles. The third kappa shape index (κ3) is 4.91. The van der Waals surface area contributed by atoms with Crippen molar-refractivity contribution in [3.63, 3.8) is 0 Å². The quantitative estimate of drug-likeness (QED) is 0.351. The van der Waals surface area contributed by atoms with Crippen molar-refractivity contribution in [2.45, 2.75) is 33.4 Å². The first-order chi connectivity index (χ1) is 16.0. The van der Waals surface area contributed by atoms with Crippen LogP contribution in [0.5, 0.6) is 5.75 Å². The van der Waals surface area contributed by atoms with E-state index < -0.39 is 0 Å². The highest BCUT2D eigenvalue weighted by molar-refractivity contribution is 5.94. The Hall–Kier alpha value is -3.64. The Morgan fingerprint density at radius 1 is 1.03 bits per heavy atom. The standard InChI is InChI=1S/C27H26FNO4/c1-3-31-25(30)14-19-7-4-5-10-24(19)32-16-18-12-21-11-17(2)33-27(21)23(13-18)22-9-6-8-20(15-29)26(22)28/h4-13H,3,14-16,29H2,1-2H3. The van der Waals surface area contributed by atoms with Crippen molar-refractivity contribution in [1.82, 2.24) is 0 Å². The van der Waals surface area contributed by atoms with E-state index in [9.17, 15) is 4.79 Å². The van der Waals surface area contributed by atoms with Gasteiger partial charge in [0.25, 0.3) is 0 Å². The molecule has 4 rings (SSSR count). The smallest absolute Gasteiger partial charge is 0.310 e. The third-order valence-corrected chi connectivity index (χ3v) is 5.40. The number of carbonyl (C=O) groups excluding carboxylic acids is 1. The van der Waals surface area contributed by atoms with E-state index >= 15 is 4.39 Å². The van der Waals surface area contributed by atoms with Crippen molar-refractivity contribution >= 4 is 16.9 Å². The molecule has 0 unspecified atom stereocenters. The van der Waals surface area contributed by atoms with E-state index in [1.807, 2.05) is 49.4 Å².